The molecular formula is C72H110ClF3N12O12. The number of nitrogens with zero attached hydrogens (tertiary/aromatic N) is 9. The van der Waals surface area contributed by atoms with E-state index >= 15 is 28.8 Å². The summed E-state index contributed by atoms with van der Waals surface area (Å²) in [5.41, 5.74) is -2.35. The first-order valence-corrected chi connectivity index (χ1v) is 36.7. The van der Waals surface area contributed by atoms with E-state index in [1.807, 2.05) is 13.8 Å². The molecule has 3 aliphatic heterocycles. The largest absolute Gasteiger partial charge is 0.417 e. The van der Waals surface area contributed by atoms with Crippen molar-refractivity contribution in [1.82, 2.24) is 60.0 Å². The molecule has 558 valence electrons. The average Bonchev–Trinajstić information content (AvgIpc) is 1.49. The Hall–Kier alpha value is -7.06. The van der Waals surface area contributed by atoms with E-state index in [1.54, 1.807) is 18.7 Å². The first-order valence-electron chi connectivity index (χ1n) is 36.3. The lowest BCUT2D eigenvalue weighted by Gasteiger charge is -2.42. The summed E-state index contributed by atoms with van der Waals surface area (Å²) in [5, 5.41) is 8.23. The Bertz CT molecular complexity index is 3110. The minimum absolute atomic E-state index is 0.0218. The molecule has 3 saturated heterocycles. The number of rotatable bonds is 10. The molecule has 1 aromatic carbocycles. The molecule has 12 amide bonds. The van der Waals surface area contributed by atoms with Crippen molar-refractivity contribution in [3.8, 4) is 0 Å². The van der Waals surface area contributed by atoms with Crippen molar-refractivity contribution in [3.05, 3.63) is 34.3 Å². The van der Waals surface area contributed by atoms with Crippen LogP contribution in [0.4, 0.5) is 13.2 Å². The van der Waals surface area contributed by atoms with Gasteiger partial charge < -0.3 is 60.0 Å². The summed E-state index contributed by atoms with van der Waals surface area (Å²) in [5.74, 6) is -8.77. The van der Waals surface area contributed by atoms with Crippen LogP contribution in [-0.4, -0.2) is 251 Å². The van der Waals surface area contributed by atoms with Gasteiger partial charge in [-0.3, -0.25) is 57.5 Å². The third-order valence-electron chi connectivity index (χ3n) is 21.8. The molecule has 6 aliphatic rings. The number of amides is 12. The Balaban J connectivity index is 1.27. The standard InChI is InChI=1S/C72H110ClF3N12O12/c1-45(2)38-54-63(93)78-61(49-26-17-13-18-27-49)68(98)82(7)43-59(91)80(5)44-60(92)84(9)55(40-47-24-15-12-16-25-47)66(96)81(6)42-57(89)77-52(32-30-48-29-31-50(51(73)39-48)72(74,75)76)65(95)88-37-23-28-53(88)64(94)79-71(33-19-20-34-71)70(100)86(11)62(46(3)4)69(99)85(10)56(41-58(90)83(54)8)67(97)87-35-21-14-22-36-87/h29,31,39,45-47,49,52-56,61-62H,12-28,30,32-38,40-44H2,1-11H3,(H,77,89)(H,78,93)(H,79,94)/t52-,53-,54-,55-,56-,61-,62-/m0/s1. The molecule has 1 aromatic rings. The third kappa shape index (κ3) is 20.2. The number of aryl methyl sites for hydroxylation is 1. The van der Waals surface area contributed by atoms with Crippen LogP contribution in [0.1, 0.15) is 187 Å². The van der Waals surface area contributed by atoms with Crippen LogP contribution >= 0.6 is 11.6 Å². The van der Waals surface area contributed by atoms with Gasteiger partial charge in [0.1, 0.15) is 47.8 Å². The number of halogens is 4. The van der Waals surface area contributed by atoms with Crippen LogP contribution in [0.5, 0.6) is 0 Å². The van der Waals surface area contributed by atoms with Gasteiger partial charge in [-0.1, -0.05) is 110 Å². The number of piperidine rings is 1. The van der Waals surface area contributed by atoms with Crippen LogP contribution < -0.4 is 16.0 Å². The van der Waals surface area contributed by atoms with E-state index in [0.29, 0.717) is 63.6 Å². The minimum Gasteiger partial charge on any atom is -0.343 e. The Morgan fingerprint density at radius 1 is 0.600 bits per heavy atom. The summed E-state index contributed by atoms with van der Waals surface area (Å²) in [6.07, 6.45) is 6.79. The molecule has 0 aromatic heterocycles. The van der Waals surface area contributed by atoms with Gasteiger partial charge in [0.25, 0.3) is 0 Å². The van der Waals surface area contributed by atoms with E-state index in [-0.39, 0.29) is 69.2 Å². The van der Waals surface area contributed by atoms with E-state index in [0.717, 1.165) is 79.7 Å². The van der Waals surface area contributed by atoms with E-state index in [9.17, 15) is 41.9 Å². The SMILES string of the molecule is CC(C)C[C@H]1C(=O)N[C@@H](C2CCCCC2)C(=O)N(C)CC(=O)N(C)CC(=O)N(C)[C@@H](CC2CCCCC2)C(=O)N(C)CC(=O)N[C@@H](CCc2ccc(C(F)(F)F)c(Cl)c2)C(=O)N2CCC[C@H]2C(=O)NC2(CCCC2)C(=O)N(C)[C@@H](C(C)C)C(=O)N(C)[C@H](C(=O)N2CCCCC2)CC(=O)N1C. The zero-order chi connectivity index (χ0) is 73.7. The second-order valence-corrected chi connectivity index (χ2v) is 30.4. The minimum atomic E-state index is -4.76. The number of alkyl halides is 3. The van der Waals surface area contributed by atoms with Crippen molar-refractivity contribution in [2.75, 3.05) is 88.6 Å². The van der Waals surface area contributed by atoms with Gasteiger partial charge in [0.2, 0.25) is 70.9 Å². The maximum atomic E-state index is 15.4. The number of carbonyl (C=O) groups is 12. The maximum absolute atomic E-state index is 15.4. The van der Waals surface area contributed by atoms with Crippen LogP contribution in [0, 0.1) is 23.7 Å². The number of likely N-dealkylation sites (N-methyl/N-ethyl adjacent to an activating group) is 7. The fourth-order valence-corrected chi connectivity index (χ4v) is 16.1. The third-order valence-corrected chi connectivity index (χ3v) is 22.1. The van der Waals surface area contributed by atoms with Crippen LogP contribution in [0.2, 0.25) is 5.02 Å². The van der Waals surface area contributed by atoms with Crippen molar-refractivity contribution in [2.24, 2.45) is 23.7 Å². The van der Waals surface area contributed by atoms with Gasteiger partial charge in [0, 0.05) is 69.0 Å². The number of nitrogens with one attached hydrogen (secondary N) is 3. The van der Waals surface area contributed by atoms with Crippen molar-refractivity contribution in [2.45, 2.75) is 236 Å². The Kier molecular flexibility index (Phi) is 28.7. The second kappa shape index (κ2) is 35.7. The molecule has 7 atom stereocenters. The number of hydrogen-bond donors (Lipinski definition) is 3. The number of carbonyl (C=O) groups excluding carboxylic acids is 12. The molecule has 6 fully saturated rings. The predicted molar refractivity (Wildman–Crippen MR) is 369 cm³/mol. The van der Waals surface area contributed by atoms with Crippen LogP contribution in [-0.2, 0) is 70.1 Å². The Morgan fingerprint density at radius 3 is 1.79 bits per heavy atom. The average molecular weight is 1430 g/mol. The van der Waals surface area contributed by atoms with Crippen LogP contribution in [0.3, 0.4) is 0 Å². The summed E-state index contributed by atoms with van der Waals surface area (Å²) in [6, 6.07) is -5.55. The monoisotopic (exact) mass is 1430 g/mol. The van der Waals surface area contributed by atoms with E-state index in [4.69, 9.17) is 11.6 Å². The molecule has 3 heterocycles. The molecule has 3 aliphatic carbocycles. The Morgan fingerprint density at radius 2 is 1.19 bits per heavy atom. The molecule has 3 saturated carbocycles. The predicted octanol–water partition coefficient (Wildman–Crippen LogP) is 6.03. The van der Waals surface area contributed by atoms with Crippen molar-refractivity contribution < 1.29 is 70.7 Å². The lowest BCUT2D eigenvalue weighted by Crippen LogP contribution is -2.65. The summed E-state index contributed by atoms with van der Waals surface area (Å²) in [6.45, 7) is 6.37. The Labute approximate surface area is 593 Å². The molecule has 7 rings (SSSR count). The zero-order valence-electron chi connectivity index (χ0n) is 60.7. The van der Waals surface area contributed by atoms with Gasteiger partial charge in [0.05, 0.1) is 36.6 Å². The van der Waals surface area contributed by atoms with Crippen molar-refractivity contribution in [1.29, 1.82) is 0 Å². The number of hydrogen-bond acceptors (Lipinski definition) is 12. The molecule has 1 spiro atoms. The highest BCUT2D eigenvalue weighted by Crippen LogP contribution is 2.38. The molecule has 100 heavy (non-hydrogen) atoms. The van der Waals surface area contributed by atoms with Crippen molar-refractivity contribution in [3.63, 3.8) is 0 Å². The lowest BCUT2D eigenvalue weighted by atomic mass is 9.83. The zero-order valence-corrected chi connectivity index (χ0v) is 61.5. The van der Waals surface area contributed by atoms with Gasteiger partial charge in [-0.15, -0.1) is 0 Å². The molecule has 0 radical (unpaired) electrons. The molecule has 28 heteroatoms. The first-order chi connectivity index (χ1) is 47.2. The number of fused-ring (bicyclic) bond motifs is 1. The van der Waals surface area contributed by atoms with Crippen LogP contribution in [0.15, 0.2) is 18.2 Å². The van der Waals surface area contributed by atoms with E-state index in [2.05, 4.69) is 16.0 Å². The van der Waals surface area contributed by atoms with Gasteiger partial charge in [-0.2, -0.15) is 13.2 Å². The van der Waals surface area contributed by atoms with Crippen LogP contribution in [0.25, 0.3) is 0 Å². The molecular weight excluding hydrogens is 1320 g/mol. The van der Waals surface area contributed by atoms with Gasteiger partial charge in [0.15, 0.2) is 0 Å². The molecule has 24 nitrogen and oxygen atoms in total. The summed E-state index contributed by atoms with van der Waals surface area (Å²) >= 11 is 6.15. The first kappa shape index (κ1) is 80.3. The normalized spacial score (nSPS) is 26.7. The van der Waals surface area contributed by atoms with Crippen molar-refractivity contribution >= 4 is 82.5 Å². The van der Waals surface area contributed by atoms with Gasteiger partial charge in [-0.25, -0.2) is 0 Å². The fraction of sp³-hybridized carbons (Fsp3) is 0.750. The quantitative estimate of drug-likeness (QED) is 0.242. The highest BCUT2D eigenvalue weighted by molar-refractivity contribution is 6.31. The molecule has 0 unspecified atom stereocenters. The molecule has 3 N–H and O–H groups in total. The summed E-state index contributed by atoms with van der Waals surface area (Å²) in [4.78, 5) is 190. The number of benzene rings is 1. The van der Waals surface area contributed by atoms with E-state index in [1.165, 1.54) is 84.8 Å². The van der Waals surface area contributed by atoms with Gasteiger partial charge in [-0.05, 0) is 125 Å². The topological polar surface area (TPSA) is 270 Å². The summed E-state index contributed by atoms with van der Waals surface area (Å²) < 4.78 is 41.6. The maximum Gasteiger partial charge on any atom is 0.417 e. The molecule has 0 bridgehead atoms. The fourth-order valence-electron chi connectivity index (χ4n) is 15.8. The highest BCUT2D eigenvalue weighted by atomic mass is 35.5. The second-order valence-electron chi connectivity index (χ2n) is 30.0. The van der Waals surface area contributed by atoms with Gasteiger partial charge >= 0.3 is 6.18 Å². The lowest BCUT2D eigenvalue weighted by molar-refractivity contribution is -0.156. The summed E-state index contributed by atoms with van der Waals surface area (Å²) in [7, 11) is 9.98. The number of likely N-dealkylation sites (tertiary alicyclic amines) is 1. The smallest absolute Gasteiger partial charge is 0.343 e. The van der Waals surface area contributed by atoms with E-state index < -0.39 is 167 Å². The highest BCUT2D eigenvalue weighted by Gasteiger charge is 2.51.